The Kier molecular flexibility index (Phi) is 8.66. The number of amides is 1. The molecule has 3 aromatic heterocycles. The lowest BCUT2D eigenvalue weighted by atomic mass is 9.99. The number of nitrogens with zero attached hydrogens (tertiary/aromatic N) is 5. The Morgan fingerprint density at radius 3 is 2.61 bits per heavy atom. The number of pyridine rings is 2. The van der Waals surface area contributed by atoms with Crippen molar-refractivity contribution in [2.75, 3.05) is 24.7 Å². The number of morpholine rings is 1. The van der Waals surface area contributed by atoms with Gasteiger partial charge >= 0.3 is 17.8 Å². The number of carboxylic acid groups (broad SMARTS) is 1. The number of aliphatic carboxylic acids is 1. The number of carbonyl (C=O) groups excluding carboxylic acids is 1. The summed E-state index contributed by atoms with van der Waals surface area (Å²) in [6.45, 7) is 0.548. The molecule has 0 saturated carbocycles. The number of hydrogen-bond donors (Lipinski definition) is 2. The molecule has 6 rings (SSSR count). The molecule has 49 heavy (non-hydrogen) atoms. The molecule has 0 aliphatic carbocycles. The first-order chi connectivity index (χ1) is 23.3. The second kappa shape index (κ2) is 12.8. The first-order valence-corrected chi connectivity index (χ1v) is 15.0. The monoisotopic (exact) mass is 680 g/mol. The number of halogens is 4. The fourth-order valence-corrected chi connectivity index (χ4v) is 6.10. The fraction of sp³-hybridized carbons (Fsp3) is 0.273. The maximum absolute atomic E-state index is 15.4. The molecule has 2 aromatic carbocycles. The van der Waals surface area contributed by atoms with Crippen molar-refractivity contribution in [3.8, 4) is 5.69 Å². The molecule has 0 unspecified atom stereocenters. The highest BCUT2D eigenvalue weighted by Gasteiger charge is 2.45. The van der Waals surface area contributed by atoms with Crippen molar-refractivity contribution in [2.45, 2.75) is 31.6 Å². The largest absolute Gasteiger partial charge is 0.480 e. The predicted octanol–water partition coefficient (Wildman–Crippen LogP) is 3.27. The number of carbonyl (C=O) groups is 2. The topological polar surface area (TPSA) is 149 Å². The van der Waals surface area contributed by atoms with Crippen molar-refractivity contribution < 1.29 is 37.0 Å². The highest BCUT2D eigenvalue weighted by atomic mass is 19.4. The lowest BCUT2D eigenvalue weighted by molar-refractivity contribution is -0.167. The SMILES string of the molecule is Cc1cc(N2CCOC[C@H]2C(F)(F)F)cc(F)c1C(=O)N[C@@H](Cc1ccc(-n2c(=O)c3ccncc3n(C)c2=O)c2ncccc12)C(=O)O. The van der Waals surface area contributed by atoms with Gasteiger partial charge in [0.25, 0.3) is 11.5 Å². The molecule has 1 saturated heterocycles. The first kappa shape index (κ1) is 33.3. The van der Waals surface area contributed by atoms with E-state index in [0.29, 0.717) is 16.5 Å². The van der Waals surface area contributed by atoms with E-state index in [1.54, 1.807) is 12.1 Å². The second-order valence-electron chi connectivity index (χ2n) is 11.5. The summed E-state index contributed by atoms with van der Waals surface area (Å²) < 4.78 is 63.5. The highest BCUT2D eigenvalue weighted by molar-refractivity contribution is 5.99. The summed E-state index contributed by atoms with van der Waals surface area (Å²) in [5, 5.41) is 13.0. The van der Waals surface area contributed by atoms with Gasteiger partial charge in [0.1, 0.15) is 17.9 Å². The van der Waals surface area contributed by atoms with Gasteiger partial charge in [0.15, 0.2) is 0 Å². The number of hydrogen-bond acceptors (Lipinski definition) is 8. The first-order valence-electron chi connectivity index (χ1n) is 15.0. The number of carboxylic acids is 1. The smallest absolute Gasteiger partial charge is 0.411 e. The summed E-state index contributed by atoms with van der Waals surface area (Å²) in [6, 6.07) is 6.09. The molecule has 1 amide bonds. The van der Waals surface area contributed by atoms with E-state index in [1.165, 1.54) is 61.4 Å². The molecule has 0 bridgehead atoms. The van der Waals surface area contributed by atoms with Crippen LogP contribution in [0.15, 0.2) is 70.6 Å². The van der Waals surface area contributed by atoms with Gasteiger partial charge in [0, 0.05) is 43.5 Å². The Bertz CT molecular complexity index is 2230. The van der Waals surface area contributed by atoms with Crippen LogP contribution in [0.4, 0.5) is 23.2 Å². The molecule has 1 fully saturated rings. The molecule has 254 valence electrons. The van der Waals surface area contributed by atoms with Crippen molar-refractivity contribution in [2.24, 2.45) is 7.05 Å². The minimum Gasteiger partial charge on any atom is -0.480 e. The van der Waals surface area contributed by atoms with Crippen LogP contribution in [0, 0.1) is 12.7 Å². The van der Waals surface area contributed by atoms with Gasteiger partial charge < -0.3 is 20.1 Å². The van der Waals surface area contributed by atoms with Crippen LogP contribution in [-0.2, 0) is 23.0 Å². The molecule has 5 aromatic rings. The molecule has 1 aliphatic heterocycles. The van der Waals surface area contributed by atoms with E-state index in [0.717, 1.165) is 15.5 Å². The average molecular weight is 681 g/mol. The van der Waals surface area contributed by atoms with Crippen molar-refractivity contribution >= 4 is 39.4 Å². The van der Waals surface area contributed by atoms with E-state index in [9.17, 15) is 37.5 Å². The number of nitrogens with one attached hydrogen (secondary N) is 1. The minimum absolute atomic E-state index is 0.00115. The maximum Gasteiger partial charge on any atom is 0.411 e. The number of aromatic nitrogens is 4. The minimum atomic E-state index is -4.65. The van der Waals surface area contributed by atoms with E-state index in [2.05, 4.69) is 15.3 Å². The van der Waals surface area contributed by atoms with Gasteiger partial charge in [-0.15, -0.1) is 0 Å². The lowest BCUT2D eigenvalue weighted by Gasteiger charge is -2.38. The van der Waals surface area contributed by atoms with Crippen molar-refractivity contribution in [3.63, 3.8) is 0 Å². The number of fused-ring (bicyclic) bond motifs is 2. The Balaban J connectivity index is 1.32. The third-order valence-corrected chi connectivity index (χ3v) is 8.52. The molecular formula is C33H28F4N6O6. The normalized spacial score (nSPS) is 15.8. The molecule has 2 atom stereocenters. The van der Waals surface area contributed by atoms with Gasteiger partial charge in [0.2, 0.25) is 0 Å². The molecular weight excluding hydrogens is 652 g/mol. The summed E-state index contributed by atoms with van der Waals surface area (Å²) in [5.41, 5.74) is -0.817. The lowest BCUT2D eigenvalue weighted by Crippen LogP contribution is -2.53. The summed E-state index contributed by atoms with van der Waals surface area (Å²) in [7, 11) is 1.49. The highest BCUT2D eigenvalue weighted by Crippen LogP contribution is 2.33. The average Bonchev–Trinajstić information content (AvgIpc) is 3.07. The zero-order valence-electron chi connectivity index (χ0n) is 26.0. The quantitative estimate of drug-likeness (QED) is 0.247. The molecule has 1 aliphatic rings. The fourth-order valence-electron chi connectivity index (χ4n) is 6.10. The van der Waals surface area contributed by atoms with Crippen LogP contribution in [0.5, 0.6) is 0 Å². The van der Waals surface area contributed by atoms with Crippen LogP contribution < -0.4 is 21.5 Å². The second-order valence-corrected chi connectivity index (χ2v) is 11.5. The summed E-state index contributed by atoms with van der Waals surface area (Å²) in [6.07, 6.45) is -0.689. The van der Waals surface area contributed by atoms with Gasteiger partial charge in [-0.1, -0.05) is 12.1 Å². The van der Waals surface area contributed by atoms with E-state index in [4.69, 9.17) is 4.74 Å². The Morgan fingerprint density at radius 1 is 1.12 bits per heavy atom. The van der Waals surface area contributed by atoms with Gasteiger partial charge in [-0.2, -0.15) is 13.2 Å². The third kappa shape index (κ3) is 6.10. The van der Waals surface area contributed by atoms with Crippen molar-refractivity contribution in [3.05, 3.63) is 104 Å². The molecule has 16 heteroatoms. The van der Waals surface area contributed by atoms with Crippen LogP contribution in [0.2, 0.25) is 0 Å². The van der Waals surface area contributed by atoms with Crippen molar-refractivity contribution in [1.82, 2.24) is 24.4 Å². The zero-order valence-corrected chi connectivity index (χ0v) is 26.0. The molecule has 0 radical (unpaired) electrons. The summed E-state index contributed by atoms with van der Waals surface area (Å²) in [5.74, 6) is -3.65. The molecule has 12 nitrogen and oxygen atoms in total. The molecule has 4 heterocycles. The summed E-state index contributed by atoms with van der Waals surface area (Å²) >= 11 is 0. The Labute approximate surface area is 274 Å². The Hall–Kier alpha value is -5.64. The number of aryl methyl sites for hydroxylation is 2. The number of rotatable bonds is 7. The van der Waals surface area contributed by atoms with Crippen molar-refractivity contribution in [1.29, 1.82) is 0 Å². The van der Waals surface area contributed by atoms with Gasteiger partial charge in [-0.25, -0.2) is 18.5 Å². The van der Waals surface area contributed by atoms with E-state index in [-0.39, 0.29) is 47.4 Å². The Morgan fingerprint density at radius 2 is 1.90 bits per heavy atom. The van der Waals surface area contributed by atoms with Crippen LogP contribution in [0.1, 0.15) is 21.5 Å². The molecule has 2 N–H and O–H groups in total. The predicted molar refractivity (Wildman–Crippen MR) is 170 cm³/mol. The zero-order chi connectivity index (χ0) is 35.2. The van der Waals surface area contributed by atoms with Crippen LogP contribution >= 0.6 is 0 Å². The number of anilines is 1. The molecule has 0 spiro atoms. The van der Waals surface area contributed by atoms with Gasteiger partial charge in [-0.3, -0.25) is 24.1 Å². The van der Waals surface area contributed by atoms with Gasteiger partial charge in [-0.05, 0) is 48.4 Å². The number of benzene rings is 2. The van der Waals surface area contributed by atoms with E-state index in [1.807, 2.05) is 0 Å². The summed E-state index contributed by atoms with van der Waals surface area (Å²) in [4.78, 5) is 61.8. The maximum atomic E-state index is 15.4. The number of ether oxygens (including phenoxy) is 1. The van der Waals surface area contributed by atoms with Crippen LogP contribution in [0.3, 0.4) is 0 Å². The van der Waals surface area contributed by atoms with Gasteiger partial charge in [0.05, 0.1) is 47.1 Å². The van der Waals surface area contributed by atoms with E-state index < -0.39 is 59.4 Å². The third-order valence-electron chi connectivity index (χ3n) is 8.52. The van der Waals surface area contributed by atoms with E-state index >= 15 is 4.39 Å². The standard InChI is InChI=1S/C33H28F4N6O6/c1-17-12-19(42-10-11-49-16-26(42)33(35,36)37)14-22(34)27(17)29(44)40-23(31(46)47)13-18-5-6-24(28-20(18)4-3-8-39-28)43-30(45)21-7-9-38-15-25(21)41(2)32(43)48/h3-9,12,14-15,23,26H,10-11,13,16H2,1-2H3,(H,40,44)(H,46,47)/t23-,26-/m0/s1. The van der Waals surface area contributed by atoms with Crippen LogP contribution in [0.25, 0.3) is 27.5 Å². The van der Waals surface area contributed by atoms with Crippen LogP contribution in [-0.4, -0.2) is 74.1 Å². The number of alkyl halides is 3.